The zero-order valence-corrected chi connectivity index (χ0v) is 10.6. The first kappa shape index (κ1) is 12.0. The third-order valence-corrected chi connectivity index (χ3v) is 2.80. The van der Waals surface area contributed by atoms with Crippen molar-refractivity contribution in [2.45, 2.75) is 12.8 Å². The van der Waals surface area contributed by atoms with Crippen molar-refractivity contribution in [3.63, 3.8) is 0 Å². The fourth-order valence-corrected chi connectivity index (χ4v) is 1.84. The van der Waals surface area contributed by atoms with E-state index in [4.69, 9.17) is 0 Å². The number of nitrogens with one attached hydrogen (secondary N) is 1. The van der Waals surface area contributed by atoms with Crippen LogP contribution in [-0.2, 0) is 0 Å². The maximum atomic E-state index is 4.47. The minimum absolute atomic E-state index is 0.748. The van der Waals surface area contributed by atoms with Crippen LogP contribution in [0.5, 0.6) is 0 Å². The first-order valence-corrected chi connectivity index (χ1v) is 6.09. The van der Waals surface area contributed by atoms with E-state index in [1.807, 2.05) is 0 Å². The second kappa shape index (κ2) is 5.77. The van der Waals surface area contributed by atoms with Crippen molar-refractivity contribution in [1.82, 2.24) is 20.1 Å². The van der Waals surface area contributed by atoms with Gasteiger partial charge in [0.15, 0.2) is 5.82 Å². The van der Waals surface area contributed by atoms with Crippen LogP contribution in [0.15, 0.2) is 6.20 Å². The molecule has 0 atom stereocenters. The highest BCUT2D eigenvalue weighted by atomic mass is 15.3. The van der Waals surface area contributed by atoms with Crippen LogP contribution in [0.25, 0.3) is 0 Å². The molecule has 0 aliphatic carbocycles. The maximum Gasteiger partial charge on any atom is 0.247 e. The van der Waals surface area contributed by atoms with Gasteiger partial charge < -0.3 is 15.1 Å². The Hall–Kier alpha value is -1.43. The molecule has 2 heterocycles. The van der Waals surface area contributed by atoms with Gasteiger partial charge in [-0.2, -0.15) is 10.1 Å². The molecule has 0 aromatic carbocycles. The minimum atomic E-state index is 0.748. The highest BCUT2D eigenvalue weighted by Crippen LogP contribution is 2.15. The lowest BCUT2D eigenvalue weighted by molar-refractivity contribution is 0.425. The largest absolute Gasteiger partial charge is 0.367 e. The number of hydrogen-bond donors (Lipinski definition) is 1. The Kier molecular flexibility index (Phi) is 4.08. The van der Waals surface area contributed by atoms with Crippen molar-refractivity contribution in [2.24, 2.45) is 0 Å². The zero-order chi connectivity index (χ0) is 12.1. The molecule has 1 aliphatic rings. The molecular formula is C11H20N6. The predicted molar refractivity (Wildman–Crippen MR) is 68.3 cm³/mol. The molecule has 6 nitrogen and oxygen atoms in total. The highest BCUT2D eigenvalue weighted by Gasteiger charge is 2.15. The van der Waals surface area contributed by atoms with Crippen molar-refractivity contribution in [3.8, 4) is 0 Å². The van der Waals surface area contributed by atoms with E-state index in [1.165, 1.54) is 12.8 Å². The number of hydrogen-bond acceptors (Lipinski definition) is 6. The predicted octanol–water partition coefficient (Wildman–Crippen LogP) is 0.445. The Balaban J connectivity index is 1.91. The van der Waals surface area contributed by atoms with E-state index >= 15 is 0 Å². The lowest BCUT2D eigenvalue weighted by atomic mass is 10.4. The molecule has 0 radical (unpaired) electrons. The molecule has 1 aromatic heterocycles. The number of rotatable bonds is 5. The van der Waals surface area contributed by atoms with Crippen LogP contribution < -0.4 is 10.2 Å². The monoisotopic (exact) mass is 236 g/mol. The van der Waals surface area contributed by atoms with Crippen molar-refractivity contribution >= 4 is 11.8 Å². The van der Waals surface area contributed by atoms with E-state index in [9.17, 15) is 0 Å². The summed E-state index contributed by atoms with van der Waals surface area (Å²) in [6.07, 6.45) is 4.12. The second-order valence-corrected chi connectivity index (χ2v) is 4.57. The molecular weight excluding hydrogens is 216 g/mol. The molecule has 6 heteroatoms. The van der Waals surface area contributed by atoms with Crippen LogP contribution in [0.3, 0.4) is 0 Å². The summed E-state index contributed by atoms with van der Waals surface area (Å²) < 4.78 is 0. The van der Waals surface area contributed by atoms with Crippen LogP contribution >= 0.6 is 0 Å². The van der Waals surface area contributed by atoms with Gasteiger partial charge in [-0.05, 0) is 26.9 Å². The Morgan fingerprint density at radius 2 is 2.12 bits per heavy atom. The smallest absolute Gasteiger partial charge is 0.247 e. The summed E-state index contributed by atoms with van der Waals surface area (Å²) >= 11 is 0. The van der Waals surface area contributed by atoms with E-state index in [0.29, 0.717) is 0 Å². The van der Waals surface area contributed by atoms with Gasteiger partial charge in [0.05, 0.1) is 6.20 Å². The van der Waals surface area contributed by atoms with Gasteiger partial charge in [0.1, 0.15) is 0 Å². The molecule has 0 unspecified atom stereocenters. The van der Waals surface area contributed by atoms with Crippen molar-refractivity contribution in [1.29, 1.82) is 0 Å². The molecule has 1 aliphatic heterocycles. The Morgan fingerprint density at radius 3 is 2.82 bits per heavy atom. The summed E-state index contributed by atoms with van der Waals surface area (Å²) in [5.74, 6) is 1.56. The Labute approximate surface area is 102 Å². The lowest BCUT2D eigenvalue weighted by Crippen LogP contribution is -2.23. The van der Waals surface area contributed by atoms with Gasteiger partial charge in [0, 0.05) is 26.2 Å². The summed E-state index contributed by atoms with van der Waals surface area (Å²) in [5, 5.41) is 11.3. The summed E-state index contributed by atoms with van der Waals surface area (Å²) in [4.78, 5) is 8.79. The Bertz CT molecular complexity index is 348. The van der Waals surface area contributed by atoms with Crippen LogP contribution in [0.1, 0.15) is 12.8 Å². The van der Waals surface area contributed by atoms with E-state index in [-0.39, 0.29) is 0 Å². The molecule has 2 rings (SSSR count). The van der Waals surface area contributed by atoms with Crippen LogP contribution in [0, 0.1) is 0 Å². The summed E-state index contributed by atoms with van der Waals surface area (Å²) in [5.41, 5.74) is 0. The van der Waals surface area contributed by atoms with Crippen LogP contribution in [0.4, 0.5) is 11.8 Å². The normalized spacial score (nSPS) is 15.6. The third kappa shape index (κ3) is 3.52. The lowest BCUT2D eigenvalue weighted by Gasteiger charge is -2.15. The van der Waals surface area contributed by atoms with E-state index in [0.717, 1.165) is 37.9 Å². The number of anilines is 2. The van der Waals surface area contributed by atoms with Crippen molar-refractivity contribution in [3.05, 3.63) is 6.20 Å². The maximum absolute atomic E-state index is 4.47. The minimum Gasteiger partial charge on any atom is -0.367 e. The number of likely N-dealkylation sites (N-methyl/N-ethyl adjacent to an activating group) is 1. The van der Waals surface area contributed by atoms with Gasteiger partial charge in [-0.3, -0.25) is 0 Å². The van der Waals surface area contributed by atoms with Gasteiger partial charge in [-0.15, -0.1) is 5.10 Å². The molecule has 0 amide bonds. The third-order valence-electron chi connectivity index (χ3n) is 2.80. The number of nitrogens with zero attached hydrogens (tertiary/aromatic N) is 5. The second-order valence-electron chi connectivity index (χ2n) is 4.57. The summed E-state index contributed by atoms with van der Waals surface area (Å²) in [6, 6.07) is 0. The van der Waals surface area contributed by atoms with Gasteiger partial charge >= 0.3 is 0 Å². The molecule has 94 valence electrons. The first-order valence-electron chi connectivity index (χ1n) is 6.09. The van der Waals surface area contributed by atoms with E-state index < -0.39 is 0 Å². The van der Waals surface area contributed by atoms with Crippen molar-refractivity contribution < 1.29 is 0 Å². The van der Waals surface area contributed by atoms with Crippen molar-refractivity contribution in [2.75, 3.05) is 50.5 Å². The van der Waals surface area contributed by atoms with E-state index in [1.54, 1.807) is 6.20 Å². The molecule has 1 aromatic rings. The zero-order valence-electron chi connectivity index (χ0n) is 10.6. The standard InChI is InChI=1S/C11H20N6/c1-16(2)8-5-12-10-9-13-15-11(14-10)17-6-3-4-7-17/h9H,3-8H2,1-2H3,(H,12,14,15). The first-order chi connectivity index (χ1) is 8.25. The molecule has 0 spiro atoms. The molecule has 1 N–H and O–H groups in total. The van der Waals surface area contributed by atoms with E-state index in [2.05, 4.69) is 44.4 Å². The highest BCUT2D eigenvalue weighted by molar-refractivity contribution is 5.39. The fraction of sp³-hybridized carbons (Fsp3) is 0.727. The molecule has 1 saturated heterocycles. The average molecular weight is 236 g/mol. The fourth-order valence-electron chi connectivity index (χ4n) is 1.84. The summed E-state index contributed by atoms with van der Waals surface area (Å²) in [6.45, 7) is 3.93. The van der Waals surface area contributed by atoms with Gasteiger partial charge in [-0.1, -0.05) is 0 Å². The topological polar surface area (TPSA) is 57.2 Å². The van der Waals surface area contributed by atoms with Gasteiger partial charge in [-0.25, -0.2) is 0 Å². The van der Waals surface area contributed by atoms with Crippen LogP contribution in [0.2, 0.25) is 0 Å². The summed E-state index contributed by atoms with van der Waals surface area (Å²) in [7, 11) is 4.10. The molecule has 1 fully saturated rings. The Morgan fingerprint density at radius 1 is 1.35 bits per heavy atom. The quantitative estimate of drug-likeness (QED) is 0.801. The van der Waals surface area contributed by atoms with Gasteiger partial charge in [0.25, 0.3) is 0 Å². The number of aromatic nitrogens is 3. The molecule has 0 saturated carbocycles. The molecule has 0 bridgehead atoms. The van der Waals surface area contributed by atoms with Crippen LogP contribution in [-0.4, -0.2) is 60.4 Å². The van der Waals surface area contributed by atoms with Gasteiger partial charge in [0.2, 0.25) is 5.95 Å². The average Bonchev–Trinajstić information content (AvgIpc) is 2.82. The SMILES string of the molecule is CN(C)CCNc1cnnc(N2CCCC2)n1. The molecule has 17 heavy (non-hydrogen) atoms.